The lowest BCUT2D eigenvalue weighted by molar-refractivity contribution is 0.0699. The first kappa shape index (κ1) is 15.2. The van der Waals surface area contributed by atoms with E-state index in [1.165, 1.54) is 6.26 Å². The van der Waals surface area contributed by atoms with Crippen molar-refractivity contribution in [1.29, 1.82) is 0 Å². The van der Waals surface area contributed by atoms with Crippen molar-refractivity contribution >= 4 is 34.2 Å². The third-order valence-electron chi connectivity index (χ3n) is 4.17. The molecule has 0 amide bonds. The monoisotopic (exact) mass is 323 g/mol. The van der Waals surface area contributed by atoms with Gasteiger partial charge in [-0.2, -0.15) is 0 Å². The summed E-state index contributed by atoms with van der Waals surface area (Å²) < 4.78 is 10.8. The van der Waals surface area contributed by atoms with Gasteiger partial charge in [0.05, 0.1) is 22.5 Å². The highest BCUT2D eigenvalue weighted by molar-refractivity contribution is 6.38. The van der Waals surface area contributed by atoms with Gasteiger partial charge in [-0.3, -0.25) is 0 Å². The van der Waals surface area contributed by atoms with E-state index < -0.39 is 5.97 Å². The number of fused-ring (bicyclic) bond motifs is 1. The molecule has 5 nitrogen and oxygen atoms in total. The van der Waals surface area contributed by atoms with Gasteiger partial charge in [-0.1, -0.05) is 11.6 Å². The summed E-state index contributed by atoms with van der Waals surface area (Å²) in [4.78, 5) is 13.8. The molecule has 1 fully saturated rings. The van der Waals surface area contributed by atoms with Crippen LogP contribution in [0, 0.1) is 0 Å². The zero-order valence-corrected chi connectivity index (χ0v) is 13.1. The second-order valence-electron chi connectivity index (χ2n) is 5.35. The van der Waals surface area contributed by atoms with E-state index in [0.29, 0.717) is 30.2 Å². The molecule has 6 heteroatoms. The third-order valence-corrected chi connectivity index (χ3v) is 4.55. The fraction of sp³-hybridized carbons (Fsp3) is 0.438. The molecule has 22 heavy (non-hydrogen) atoms. The smallest absolute Gasteiger partial charge is 0.338 e. The fourth-order valence-electron chi connectivity index (χ4n) is 3.11. The Morgan fingerprint density at radius 3 is 2.82 bits per heavy atom. The Bertz CT molecular complexity index is 691. The van der Waals surface area contributed by atoms with Gasteiger partial charge in [-0.05, 0) is 25.8 Å². The van der Waals surface area contributed by atoms with Crippen molar-refractivity contribution in [1.82, 2.24) is 0 Å². The lowest BCUT2D eigenvalue weighted by atomic mass is 10.0. The van der Waals surface area contributed by atoms with E-state index in [2.05, 4.69) is 4.90 Å². The van der Waals surface area contributed by atoms with Gasteiger partial charge in [0.25, 0.3) is 0 Å². The number of hydrogen-bond donors (Lipinski definition) is 1. The molecule has 1 aliphatic heterocycles. The lowest BCUT2D eigenvalue weighted by Crippen LogP contribution is -2.39. The summed E-state index contributed by atoms with van der Waals surface area (Å²) in [6.45, 7) is 4.22. The highest BCUT2D eigenvalue weighted by atomic mass is 35.5. The summed E-state index contributed by atoms with van der Waals surface area (Å²) in [7, 11) is 0. The van der Waals surface area contributed by atoms with Gasteiger partial charge < -0.3 is 19.2 Å². The average molecular weight is 324 g/mol. The standard InChI is InChI=1S/C16H18ClNO4/c1-2-18(10-3-6-21-7-4-10)12-9-13-11(5-8-22-13)14(15(12)17)16(19)20/h5,8-10H,2-4,6-7H2,1H3,(H,19,20). The minimum Gasteiger partial charge on any atom is -0.478 e. The first-order valence-electron chi connectivity index (χ1n) is 7.40. The first-order valence-corrected chi connectivity index (χ1v) is 7.78. The molecule has 1 aromatic heterocycles. The molecule has 1 N–H and O–H groups in total. The molecule has 0 atom stereocenters. The van der Waals surface area contributed by atoms with E-state index in [-0.39, 0.29) is 10.6 Å². The van der Waals surface area contributed by atoms with Gasteiger partial charge in [0.2, 0.25) is 0 Å². The molecule has 3 rings (SSSR count). The van der Waals surface area contributed by atoms with Crippen LogP contribution in [-0.2, 0) is 4.74 Å². The Balaban J connectivity index is 2.12. The predicted molar refractivity (Wildman–Crippen MR) is 85.0 cm³/mol. The van der Waals surface area contributed by atoms with E-state index >= 15 is 0 Å². The van der Waals surface area contributed by atoms with Gasteiger partial charge in [0.1, 0.15) is 5.58 Å². The second kappa shape index (κ2) is 6.18. The number of carbonyl (C=O) groups is 1. The summed E-state index contributed by atoms with van der Waals surface area (Å²) in [5.41, 5.74) is 1.37. The Hall–Kier alpha value is -1.72. The zero-order chi connectivity index (χ0) is 15.7. The normalized spacial score (nSPS) is 16.1. The van der Waals surface area contributed by atoms with Crippen LogP contribution in [0.1, 0.15) is 30.1 Å². The molecule has 2 aromatic rings. The number of benzene rings is 1. The second-order valence-corrected chi connectivity index (χ2v) is 5.73. The number of ether oxygens (including phenoxy) is 1. The number of carboxylic acids is 1. The molecule has 0 radical (unpaired) electrons. The number of anilines is 1. The summed E-state index contributed by atoms with van der Waals surface area (Å²) >= 11 is 6.44. The van der Waals surface area contributed by atoms with E-state index in [1.807, 2.05) is 13.0 Å². The van der Waals surface area contributed by atoms with Crippen LogP contribution in [0.2, 0.25) is 5.02 Å². The molecule has 0 saturated carbocycles. The number of hydrogen-bond acceptors (Lipinski definition) is 4. The molecule has 0 aliphatic carbocycles. The van der Waals surface area contributed by atoms with Crippen molar-refractivity contribution in [2.24, 2.45) is 0 Å². The average Bonchev–Trinajstić information content (AvgIpc) is 2.97. The highest BCUT2D eigenvalue weighted by Gasteiger charge is 2.26. The molecular weight excluding hydrogens is 306 g/mol. The Morgan fingerprint density at radius 1 is 1.45 bits per heavy atom. The molecule has 1 saturated heterocycles. The summed E-state index contributed by atoms with van der Waals surface area (Å²) in [6, 6.07) is 3.77. The van der Waals surface area contributed by atoms with Crippen molar-refractivity contribution in [3.63, 3.8) is 0 Å². The summed E-state index contributed by atoms with van der Waals surface area (Å²) in [5.74, 6) is -1.04. The van der Waals surface area contributed by atoms with Gasteiger partial charge in [-0.25, -0.2) is 4.79 Å². The summed E-state index contributed by atoms with van der Waals surface area (Å²) in [6.07, 6.45) is 3.30. The lowest BCUT2D eigenvalue weighted by Gasteiger charge is -2.36. The largest absolute Gasteiger partial charge is 0.478 e. The Kier molecular flexibility index (Phi) is 4.27. The van der Waals surface area contributed by atoms with Crippen LogP contribution < -0.4 is 4.90 Å². The van der Waals surface area contributed by atoms with Crippen molar-refractivity contribution in [2.75, 3.05) is 24.7 Å². The number of halogens is 1. The molecule has 0 spiro atoms. The number of furan rings is 1. The van der Waals surface area contributed by atoms with E-state index in [0.717, 1.165) is 25.1 Å². The van der Waals surface area contributed by atoms with E-state index in [1.54, 1.807) is 6.07 Å². The SMILES string of the molecule is CCN(c1cc2occc2c(C(=O)O)c1Cl)C1CCOCC1. The maximum Gasteiger partial charge on any atom is 0.338 e. The Morgan fingerprint density at radius 2 is 2.18 bits per heavy atom. The minimum absolute atomic E-state index is 0.105. The van der Waals surface area contributed by atoms with Gasteiger partial charge in [0.15, 0.2) is 0 Å². The minimum atomic E-state index is -1.04. The molecule has 118 valence electrons. The summed E-state index contributed by atoms with van der Waals surface area (Å²) in [5, 5.41) is 10.3. The highest BCUT2D eigenvalue weighted by Crippen LogP contribution is 2.38. The zero-order valence-electron chi connectivity index (χ0n) is 12.3. The Labute approximate surface area is 133 Å². The van der Waals surface area contributed by atoms with Crippen LogP contribution in [0.15, 0.2) is 22.8 Å². The number of carboxylic acid groups (broad SMARTS) is 1. The molecule has 2 heterocycles. The maximum atomic E-state index is 11.6. The van der Waals surface area contributed by atoms with Crippen molar-refractivity contribution in [2.45, 2.75) is 25.8 Å². The first-order chi connectivity index (χ1) is 10.6. The topological polar surface area (TPSA) is 62.9 Å². The van der Waals surface area contributed by atoms with E-state index in [9.17, 15) is 9.90 Å². The third kappa shape index (κ3) is 2.55. The number of aromatic carboxylic acids is 1. The molecule has 0 bridgehead atoms. The van der Waals surface area contributed by atoms with Crippen LogP contribution in [0.25, 0.3) is 11.0 Å². The van der Waals surface area contributed by atoms with Crippen LogP contribution in [0.3, 0.4) is 0 Å². The molecule has 1 aromatic carbocycles. The number of nitrogens with zero attached hydrogens (tertiary/aromatic N) is 1. The quantitative estimate of drug-likeness (QED) is 0.927. The van der Waals surface area contributed by atoms with E-state index in [4.69, 9.17) is 20.8 Å². The van der Waals surface area contributed by atoms with Crippen LogP contribution in [-0.4, -0.2) is 36.9 Å². The maximum absolute atomic E-state index is 11.6. The predicted octanol–water partition coefficient (Wildman–Crippen LogP) is 3.79. The van der Waals surface area contributed by atoms with Crippen molar-refractivity contribution in [3.05, 3.63) is 29.0 Å². The van der Waals surface area contributed by atoms with Crippen LogP contribution >= 0.6 is 11.6 Å². The van der Waals surface area contributed by atoms with Gasteiger partial charge in [0, 0.05) is 37.3 Å². The number of rotatable bonds is 4. The van der Waals surface area contributed by atoms with Gasteiger partial charge >= 0.3 is 5.97 Å². The van der Waals surface area contributed by atoms with Crippen molar-refractivity contribution < 1.29 is 19.1 Å². The molecule has 1 aliphatic rings. The fourth-order valence-corrected chi connectivity index (χ4v) is 3.46. The van der Waals surface area contributed by atoms with Crippen molar-refractivity contribution in [3.8, 4) is 0 Å². The van der Waals surface area contributed by atoms with Crippen LogP contribution in [0.5, 0.6) is 0 Å². The van der Waals surface area contributed by atoms with Crippen LogP contribution in [0.4, 0.5) is 5.69 Å². The molecule has 0 unspecified atom stereocenters. The van der Waals surface area contributed by atoms with Gasteiger partial charge in [-0.15, -0.1) is 0 Å². The molecular formula is C16H18ClNO4.